The molecule has 0 saturated heterocycles. The molecular weight excluding hydrogens is 470 g/mol. The molecule has 6 N–H and O–H groups in total. The highest BCUT2D eigenvalue weighted by Crippen LogP contribution is 2.48. The first-order valence-corrected chi connectivity index (χ1v) is 13.1. The number of fused-ring (bicyclic) bond motifs is 2. The number of amidine groups is 1. The zero-order valence-electron chi connectivity index (χ0n) is 24.1. The molecule has 4 rings (SSSR count). The van der Waals surface area contributed by atoms with Crippen LogP contribution in [0.2, 0.25) is 0 Å². The lowest BCUT2D eigenvalue weighted by Crippen LogP contribution is -2.27. The SMILES string of the molecule is CC(=CC1=[N+](C)c2ccc(CN=C(N)N)cc2C1(C)C)C=C1N(C)c2ccc(CN=C(C)N)cc2C1(C)C. The lowest BCUT2D eigenvalue weighted by atomic mass is 9.80. The highest BCUT2D eigenvalue weighted by Gasteiger charge is 2.43. The Labute approximate surface area is 227 Å². The van der Waals surface area contributed by atoms with Gasteiger partial charge in [0.25, 0.3) is 0 Å². The summed E-state index contributed by atoms with van der Waals surface area (Å²) in [6, 6.07) is 13.1. The first kappa shape index (κ1) is 27.2. The second-order valence-corrected chi connectivity index (χ2v) is 11.6. The number of benzene rings is 2. The maximum absolute atomic E-state index is 5.77. The summed E-state index contributed by atoms with van der Waals surface area (Å²) >= 11 is 0. The van der Waals surface area contributed by atoms with Gasteiger partial charge in [0.05, 0.1) is 24.3 Å². The monoisotopic (exact) mass is 512 g/mol. The van der Waals surface area contributed by atoms with Crippen LogP contribution in [0.1, 0.15) is 63.8 Å². The Morgan fingerprint density at radius 2 is 1.50 bits per heavy atom. The zero-order chi connectivity index (χ0) is 28.0. The molecular formula is C31H42N7+. The van der Waals surface area contributed by atoms with Gasteiger partial charge in [-0.15, -0.1) is 0 Å². The minimum Gasteiger partial charge on any atom is -0.388 e. The minimum absolute atomic E-state index is 0.109. The van der Waals surface area contributed by atoms with E-state index in [4.69, 9.17) is 17.2 Å². The number of hydrogen-bond donors (Lipinski definition) is 3. The fraction of sp³-hybridized carbons (Fsp3) is 0.387. The van der Waals surface area contributed by atoms with Crippen LogP contribution in [0.4, 0.5) is 11.4 Å². The summed E-state index contributed by atoms with van der Waals surface area (Å²) in [4.78, 5) is 10.9. The number of nitrogens with zero attached hydrogens (tertiary/aromatic N) is 4. The number of guanidine groups is 1. The van der Waals surface area contributed by atoms with Gasteiger partial charge < -0.3 is 22.1 Å². The van der Waals surface area contributed by atoms with Crippen molar-refractivity contribution in [3.63, 3.8) is 0 Å². The summed E-state index contributed by atoms with van der Waals surface area (Å²) in [6.45, 7) is 14.2. The molecule has 0 bridgehead atoms. The maximum Gasteiger partial charge on any atom is 0.209 e. The third-order valence-electron chi connectivity index (χ3n) is 7.88. The lowest BCUT2D eigenvalue weighted by molar-refractivity contribution is -0.401. The van der Waals surface area contributed by atoms with Crippen LogP contribution < -0.4 is 22.1 Å². The number of likely N-dealkylation sites (N-methyl/N-ethyl adjacent to an activating group) is 1. The standard InChI is InChI=1S/C31H42N7/c1-19(13-27-30(3,4)23-15-21(17-35-20(2)32)9-11-25(23)37(27)7)14-28-31(5,6)24-16-22(18-36-29(33)34)10-12-26(24)38(28)8/h9-16H,17-18H2,1-8H3,(H2,32,35)(H4,33,34,36)/q+1. The van der Waals surface area contributed by atoms with Crippen LogP contribution in [-0.2, 0) is 23.9 Å². The van der Waals surface area contributed by atoms with Crippen molar-refractivity contribution in [2.45, 2.75) is 65.5 Å². The molecule has 0 atom stereocenters. The van der Waals surface area contributed by atoms with Crippen molar-refractivity contribution in [3.8, 4) is 0 Å². The summed E-state index contributed by atoms with van der Waals surface area (Å²) in [7, 11) is 4.30. The van der Waals surface area contributed by atoms with Crippen LogP contribution in [0.25, 0.3) is 0 Å². The fourth-order valence-corrected chi connectivity index (χ4v) is 5.75. The van der Waals surface area contributed by atoms with Gasteiger partial charge in [-0.05, 0) is 68.2 Å². The average molecular weight is 513 g/mol. The van der Waals surface area contributed by atoms with E-state index in [1.54, 1.807) is 0 Å². The summed E-state index contributed by atoms with van der Waals surface area (Å²) < 4.78 is 2.30. The number of anilines is 1. The first-order chi connectivity index (χ1) is 17.7. The Kier molecular flexibility index (Phi) is 6.99. The van der Waals surface area contributed by atoms with Gasteiger partial charge in [0.1, 0.15) is 7.05 Å². The molecule has 0 aromatic heterocycles. The molecule has 200 valence electrons. The van der Waals surface area contributed by atoms with Crippen LogP contribution >= 0.6 is 0 Å². The van der Waals surface area contributed by atoms with Crippen LogP contribution in [-0.4, -0.2) is 36.2 Å². The van der Waals surface area contributed by atoms with E-state index < -0.39 is 0 Å². The molecule has 0 fully saturated rings. The first-order valence-electron chi connectivity index (χ1n) is 13.1. The van der Waals surface area contributed by atoms with Gasteiger partial charge in [-0.2, -0.15) is 4.58 Å². The van der Waals surface area contributed by atoms with Gasteiger partial charge in [0.2, 0.25) is 5.69 Å². The minimum atomic E-state index is -0.158. The van der Waals surface area contributed by atoms with Crippen molar-refractivity contribution >= 4 is 28.9 Å². The van der Waals surface area contributed by atoms with E-state index in [-0.39, 0.29) is 16.8 Å². The van der Waals surface area contributed by atoms with Crippen molar-refractivity contribution in [1.29, 1.82) is 0 Å². The van der Waals surface area contributed by atoms with Gasteiger partial charge in [0, 0.05) is 41.6 Å². The van der Waals surface area contributed by atoms with Crippen LogP contribution in [0.15, 0.2) is 69.8 Å². The largest absolute Gasteiger partial charge is 0.388 e. The Bertz CT molecular complexity index is 1430. The Morgan fingerprint density at radius 1 is 0.895 bits per heavy atom. The quantitative estimate of drug-likeness (QED) is 0.298. The lowest BCUT2D eigenvalue weighted by Gasteiger charge is -2.24. The summed E-state index contributed by atoms with van der Waals surface area (Å²) in [5, 5.41) is 0. The van der Waals surface area contributed by atoms with E-state index in [2.05, 4.69) is 117 Å². The third kappa shape index (κ3) is 4.85. The smallest absolute Gasteiger partial charge is 0.209 e. The molecule has 0 saturated carbocycles. The van der Waals surface area contributed by atoms with Crippen molar-refractivity contribution < 1.29 is 4.58 Å². The molecule has 7 heteroatoms. The summed E-state index contributed by atoms with van der Waals surface area (Å²) in [6.07, 6.45) is 4.64. The highest BCUT2D eigenvalue weighted by atomic mass is 15.2. The van der Waals surface area contributed by atoms with Crippen molar-refractivity contribution in [2.24, 2.45) is 27.2 Å². The molecule has 0 radical (unpaired) electrons. The molecule has 7 nitrogen and oxygen atoms in total. The van der Waals surface area contributed by atoms with Crippen molar-refractivity contribution in [1.82, 2.24) is 0 Å². The number of hydrogen-bond acceptors (Lipinski definition) is 3. The average Bonchev–Trinajstić information content (AvgIpc) is 3.15. The van der Waals surface area contributed by atoms with Crippen molar-refractivity contribution in [3.05, 3.63) is 82.1 Å². The summed E-state index contributed by atoms with van der Waals surface area (Å²) in [5.74, 6) is 0.714. The molecule has 2 aromatic carbocycles. The van der Waals surface area contributed by atoms with Gasteiger partial charge >= 0.3 is 0 Å². The van der Waals surface area contributed by atoms with E-state index in [0.29, 0.717) is 18.9 Å². The number of aliphatic imine (C=N–C) groups is 2. The molecule has 2 aliphatic heterocycles. The van der Waals surface area contributed by atoms with Gasteiger partial charge in [-0.3, -0.25) is 4.99 Å². The molecule has 2 heterocycles. The predicted molar refractivity (Wildman–Crippen MR) is 161 cm³/mol. The molecule has 0 unspecified atom stereocenters. The normalized spacial score (nSPS) is 19.2. The van der Waals surface area contributed by atoms with E-state index in [1.165, 1.54) is 45.0 Å². The number of nitrogens with two attached hydrogens (primary N) is 3. The molecule has 2 aromatic rings. The molecule has 0 amide bonds. The third-order valence-corrected chi connectivity index (χ3v) is 7.88. The molecule has 38 heavy (non-hydrogen) atoms. The van der Waals surface area contributed by atoms with Crippen LogP contribution in [0, 0.1) is 0 Å². The molecule has 0 aliphatic carbocycles. The molecule has 0 spiro atoms. The van der Waals surface area contributed by atoms with Crippen LogP contribution in [0.5, 0.6) is 0 Å². The Hall–Kier alpha value is -3.87. The number of rotatable bonds is 6. The van der Waals surface area contributed by atoms with Gasteiger partial charge in [-0.1, -0.05) is 32.0 Å². The topological polar surface area (TPSA) is 109 Å². The van der Waals surface area contributed by atoms with E-state index >= 15 is 0 Å². The molecule has 2 aliphatic rings. The summed E-state index contributed by atoms with van der Waals surface area (Å²) in [5.41, 5.74) is 27.6. The zero-order valence-corrected chi connectivity index (χ0v) is 24.1. The highest BCUT2D eigenvalue weighted by molar-refractivity contribution is 6.03. The second kappa shape index (κ2) is 9.78. The van der Waals surface area contributed by atoms with Crippen molar-refractivity contribution in [2.75, 3.05) is 19.0 Å². The van der Waals surface area contributed by atoms with Gasteiger partial charge in [-0.25, -0.2) is 4.99 Å². The maximum atomic E-state index is 5.77. The Morgan fingerprint density at radius 3 is 2.13 bits per heavy atom. The van der Waals surface area contributed by atoms with E-state index in [0.717, 1.165) is 5.56 Å². The Balaban J connectivity index is 1.67. The number of allylic oxidation sites excluding steroid dienone is 4. The van der Waals surface area contributed by atoms with E-state index in [9.17, 15) is 0 Å². The van der Waals surface area contributed by atoms with Crippen LogP contribution in [0.3, 0.4) is 0 Å². The fourth-order valence-electron chi connectivity index (χ4n) is 5.75. The van der Waals surface area contributed by atoms with Gasteiger partial charge in [0.15, 0.2) is 11.7 Å². The van der Waals surface area contributed by atoms with E-state index in [1.807, 2.05) is 6.92 Å². The predicted octanol–water partition coefficient (Wildman–Crippen LogP) is 4.60. The second-order valence-electron chi connectivity index (χ2n) is 11.6.